The van der Waals surface area contributed by atoms with Gasteiger partial charge in [-0.15, -0.1) is 0 Å². The molecule has 0 spiro atoms. The fraction of sp³-hybridized carbons (Fsp3) is 0.400. The van der Waals surface area contributed by atoms with Crippen LogP contribution in [0, 0.1) is 11.6 Å². The van der Waals surface area contributed by atoms with Crippen molar-refractivity contribution in [3.05, 3.63) is 40.9 Å². The van der Waals surface area contributed by atoms with Gasteiger partial charge in [0.25, 0.3) is 5.78 Å². The molecule has 0 aliphatic rings. The summed E-state index contributed by atoms with van der Waals surface area (Å²) in [5.41, 5.74) is 7.54. The molecule has 124 valence electrons. The highest BCUT2D eigenvalue weighted by Gasteiger charge is 2.26. The minimum atomic E-state index is -1.27. The van der Waals surface area contributed by atoms with Crippen molar-refractivity contribution in [2.24, 2.45) is 0 Å². The van der Waals surface area contributed by atoms with Crippen LogP contribution in [0.3, 0.4) is 0 Å². The average molecular weight is 325 g/mol. The fourth-order valence-electron chi connectivity index (χ4n) is 1.74. The summed E-state index contributed by atoms with van der Waals surface area (Å²) in [6, 6.07) is 1.51. The van der Waals surface area contributed by atoms with Crippen molar-refractivity contribution in [3.8, 4) is 0 Å². The summed E-state index contributed by atoms with van der Waals surface area (Å²) < 4.78 is 31.9. The molecule has 0 bridgehead atoms. The predicted octanol–water partition coefficient (Wildman–Crippen LogP) is 2.27. The van der Waals surface area contributed by atoms with Crippen LogP contribution in [0.4, 0.5) is 13.6 Å². The topological polar surface area (TPSA) is 91.8 Å². The van der Waals surface area contributed by atoms with Gasteiger partial charge in [-0.05, 0) is 44.5 Å². The van der Waals surface area contributed by atoms with Crippen molar-refractivity contribution < 1.29 is 27.9 Å². The molecule has 1 N–H and O–H groups in total. The monoisotopic (exact) mass is 325 g/mol. The minimum Gasteiger partial charge on any atom is -0.444 e. The zero-order valence-electron chi connectivity index (χ0n) is 13.0. The Morgan fingerprint density at radius 1 is 1.39 bits per heavy atom. The quantitative estimate of drug-likeness (QED) is 0.511. The molecule has 0 fully saturated rings. The first-order chi connectivity index (χ1) is 10.6. The van der Waals surface area contributed by atoms with Crippen molar-refractivity contribution in [1.29, 1.82) is 0 Å². The zero-order valence-corrected chi connectivity index (χ0v) is 13.0. The molecule has 0 radical (unpaired) electrons. The van der Waals surface area contributed by atoms with Gasteiger partial charge in [0, 0.05) is 6.42 Å². The van der Waals surface area contributed by atoms with Gasteiger partial charge in [-0.2, -0.15) is 4.79 Å². The van der Waals surface area contributed by atoms with E-state index in [-0.39, 0.29) is 12.0 Å². The highest BCUT2D eigenvalue weighted by atomic mass is 19.1. The minimum absolute atomic E-state index is 0.106. The zero-order chi connectivity index (χ0) is 17.6. The summed E-state index contributed by atoms with van der Waals surface area (Å²) in [6.45, 7) is 4.89. The van der Waals surface area contributed by atoms with Gasteiger partial charge in [-0.25, -0.2) is 13.6 Å². The second kappa shape index (κ2) is 7.60. The van der Waals surface area contributed by atoms with Gasteiger partial charge >= 0.3 is 12.3 Å². The summed E-state index contributed by atoms with van der Waals surface area (Å²) in [5.74, 6) is -2.20. The Hall–Kier alpha value is -2.60. The van der Waals surface area contributed by atoms with Gasteiger partial charge in [-0.3, -0.25) is 4.79 Å². The Morgan fingerprint density at radius 3 is 2.61 bits per heavy atom. The fourth-order valence-corrected chi connectivity index (χ4v) is 1.74. The van der Waals surface area contributed by atoms with E-state index in [0.29, 0.717) is 6.21 Å². The van der Waals surface area contributed by atoms with Crippen LogP contribution in [-0.4, -0.2) is 34.5 Å². The first-order valence-corrected chi connectivity index (χ1v) is 6.77. The first kappa shape index (κ1) is 18.4. The smallest absolute Gasteiger partial charge is 0.408 e. The van der Waals surface area contributed by atoms with Crippen LogP contribution in [0.25, 0.3) is 5.53 Å². The van der Waals surface area contributed by atoms with E-state index in [1.54, 1.807) is 20.8 Å². The Labute approximate surface area is 132 Å². The van der Waals surface area contributed by atoms with Gasteiger partial charge in [0.1, 0.15) is 23.3 Å². The molecule has 1 rings (SSSR count). The number of rotatable bonds is 5. The molecule has 0 saturated carbocycles. The van der Waals surface area contributed by atoms with Crippen LogP contribution in [-0.2, 0) is 16.0 Å². The van der Waals surface area contributed by atoms with Crippen LogP contribution in [0.5, 0.6) is 0 Å². The van der Waals surface area contributed by atoms with Gasteiger partial charge in [0.2, 0.25) is 0 Å². The van der Waals surface area contributed by atoms with E-state index in [0.717, 1.165) is 18.2 Å². The molecule has 0 aromatic heterocycles. The molecular formula is C15H17F2N3O3. The van der Waals surface area contributed by atoms with Crippen LogP contribution >= 0.6 is 0 Å². The van der Waals surface area contributed by atoms with Crippen LogP contribution < -0.4 is 5.32 Å². The number of carbonyl (C=O) groups is 2. The lowest BCUT2D eigenvalue weighted by molar-refractivity contribution is -0.118. The number of halogens is 2. The predicted molar refractivity (Wildman–Crippen MR) is 77.9 cm³/mol. The van der Waals surface area contributed by atoms with Crippen molar-refractivity contribution in [3.63, 3.8) is 0 Å². The van der Waals surface area contributed by atoms with E-state index in [2.05, 4.69) is 10.1 Å². The number of carbonyl (C=O) groups excluding carboxylic acids is 2. The molecule has 1 atom stereocenters. The van der Waals surface area contributed by atoms with Crippen molar-refractivity contribution >= 4 is 18.1 Å². The molecule has 23 heavy (non-hydrogen) atoms. The molecule has 0 saturated heterocycles. The van der Waals surface area contributed by atoms with Gasteiger partial charge < -0.3 is 15.6 Å². The van der Waals surface area contributed by atoms with Crippen LogP contribution in [0.1, 0.15) is 26.3 Å². The number of hydrogen-bond donors (Lipinski definition) is 1. The lowest BCUT2D eigenvalue weighted by atomic mass is 10.0. The standard InChI is InChI=1S/C15H17F2N3O3/c1-15(2,3)23-14(22)20-12(13(21)8-19-18)7-9-6-10(16)4-5-11(9)17/h4-6,8,12H,7H2,1-3H3,(H,20,22)/t12-/m0/s1. The molecule has 6 nitrogen and oxygen atoms in total. The van der Waals surface area contributed by atoms with E-state index in [4.69, 9.17) is 10.3 Å². The summed E-state index contributed by atoms with van der Waals surface area (Å²) in [6.07, 6.45) is -0.661. The molecule has 8 heteroatoms. The van der Waals surface area contributed by atoms with Gasteiger partial charge in [-0.1, -0.05) is 0 Å². The number of alkyl carbamates (subject to hydrolysis) is 1. The van der Waals surface area contributed by atoms with E-state index < -0.39 is 35.2 Å². The Bertz CT molecular complexity index is 650. The molecule has 0 heterocycles. The van der Waals surface area contributed by atoms with Gasteiger partial charge in [0.15, 0.2) is 0 Å². The number of ketones is 1. The number of ether oxygens (including phenoxy) is 1. The lowest BCUT2D eigenvalue weighted by Crippen LogP contribution is -2.45. The summed E-state index contributed by atoms with van der Waals surface area (Å²) in [5, 5.41) is 2.25. The number of hydrogen-bond acceptors (Lipinski definition) is 3. The molecule has 0 unspecified atom stereocenters. The van der Waals surface area contributed by atoms with Crippen molar-refractivity contribution in [2.45, 2.75) is 38.8 Å². The summed E-state index contributed by atoms with van der Waals surface area (Å²) in [4.78, 5) is 26.2. The lowest BCUT2D eigenvalue weighted by Gasteiger charge is -2.22. The maximum Gasteiger partial charge on any atom is 0.408 e. The second-order valence-corrected chi connectivity index (χ2v) is 5.79. The molecule has 0 aliphatic heterocycles. The third kappa shape index (κ3) is 6.36. The maximum atomic E-state index is 13.7. The molecule has 1 amide bonds. The third-order valence-electron chi connectivity index (χ3n) is 2.65. The van der Waals surface area contributed by atoms with E-state index in [9.17, 15) is 18.4 Å². The number of Topliss-reactive ketones (excluding diaryl/α,β-unsaturated/α-hetero) is 1. The number of amides is 1. The SMILES string of the molecule is CC(C)(C)OC(=O)N[C@@H](Cc1cc(F)ccc1F)C(=O)C=[N+]=[N-]. The Morgan fingerprint density at radius 2 is 2.04 bits per heavy atom. The Kier molecular flexibility index (Phi) is 6.10. The van der Waals surface area contributed by atoms with E-state index in [1.807, 2.05) is 0 Å². The highest BCUT2D eigenvalue weighted by molar-refractivity contribution is 6.28. The first-order valence-electron chi connectivity index (χ1n) is 6.77. The molecule has 0 aliphatic carbocycles. The maximum absolute atomic E-state index is 13.7. The number of benzene rings is 1. The number of nitrogens with one attached hydrogen (secondary N) is 1. The highest BCUT2D eigenvalue weighted by Crippen LogP contribution is 2.13. The largest absolute Gasteiger partial charge is 0.444 e. The van der Waals surface area contributed by atoms with Crippen LogP contribution in [0.2, 0.25) is 0 Å². The van der Waals surface area contributed by atoms with Crippen LogP contribution in [0.15, 0.2) is 18.2 Å². The average Bonchev–Trinajstić information content (AvgIpc) is 2.40. The molecule has 1 aromatic carbocycles. The summed E-state index contributed by atoms with van der Waals surface area (Å²) >= 11 is 0. The van der Waals surface area contributed by atoms with Gasteiger partial charge in [0.05, 0.1) is 0 Å². The number of nitrogens with zero attached hydrogens (tertiary/aromatic N) is 2. The molecular weight excluding hydrogens is 308 g/mol. The molecule has 1 aromatic rings. The Balaban J connectivity index is 2.97. The normalized spacial score (nSPS) is 12.0. The summed E-state index contributed by atoms with van der Waals surface area (Å²) in [7, 11) is 0. The van der Waals surface area contributed by atoms with Crippen molar-refractivity contribution in [2.75, 3.05) is 0 Å². The third-order valence-corrected chi connectivity index (χ3v) is 2.65. The van der Waals surface area contributed by atoms with E-state index in [1.165, 1.54) is 0 Å². The van der Waals surface area contributed by atoms with E-state index >= 15 is 0 Å². The second-order valence-electron chi connectivity index (χ2n) is 5.79. The van der Waals surface area contributed by atoms with Crippen molar-refractivity contribution in [1.82, 2.24) is 5.32 Å².